The Kier molecular flexibility index (Phi) is 4.30. The lowest BCUT2D eigenvalue weighted by Crippen LogP contribution is -2.46. The summed E-state index contributed by atoms with van der Waals surface area (Å²) in [5.74, 6) is 0.378. The summed E-state index contributed by atoms with van der Waals surface area (Å²) < 4.78 is 47.0. The summed E-state index contributed by atoms with van der Waals surface area (Å²) in [6.07, 6.45) is -3.93. The van der Waals surface area contributed by atoms with E-state index in [1.165, 1.54) is 33.1 Å². The number of rotatable bonds is 4. The van der Waals surface area contributed by atoms with E-state index < -0.39 is 18.3 Å². The van der Waals surface area contributed by atoms with Crippen molar-refractivity contribution in [2.45, 2.75) is 32.2 Å². The molecule has 0 amide bonds. The van der Waals surface area contributed by atoms with Gasteiger partial charge in [0.05, 0.1) is 7.11 Å². The predicted octanol–water partition coefficient (Wildman–Crippen LogP) is 2.20. The molecule has 2 aromatic rings. The molecule has 0 unspecified atom stereocenters. The number of methoxy groups -OCH3 is 1. The van der Waals surface area contributed by atoms with Gasteiger partial charge in [0.15, 0.2) is 0 Å². The third kappa shape index (κ3) is 2.98. The Morgan fingerprint density at radius 1 is 1.22 bits per heavy atom. The highest BCUT2D eigenvalue weighted by molar-refractivity contribution is 5.32. The maximum atomic E-state index is 13.5. The Balaban J connectivity index is 2.49. The Labute approximate surface area is 131 Å². The topological polar surface area (TPSA) is 61.3 Å². The molecule has 8 heteroatoms. The zero-order chi connectivity index (χ0) is 17.4. The van der Waals surface area contributed by atoms with Crippen LogP contribution in [0.15, 0.2) is 30.6 Å². The van der Waals surface area contributed by atoms with Crippen molar-refractivity contribution in [3.63, 3.8) is 0 Å². The van der Waals surface area contributed by atoms with Gasteiger partial charge in [-0.15, -0.1) is 0 Å². The fourth-order valence-corrected chi connectivity index (χ4v) is 2.28. The molecule has 126 valence electrons. The summed E-state index contributed by atoms with van der Waals surface area (Å²) in [5, 5.41) is 21.9. The van der Waals surface area contributed by atoms with Gasteiger partial charge in [0.2, 0.25) is 11.9 Å². The molecule has 0 spiro atoms. The Bertz CT molecular complexity index is 695. The zero-order valence-electron chi connectivity index (χ0n) is 12.9. The van der Waals surface area contributed by atoms with Crippen molar-refractivity contribution in [3.8, 4) is 5.75 Å². The van der Waals surface area contributed by atoms with Gasteiger partial charge in [-0.05, 0) is 17.7 Å². The van der Waals surface area contributed by atoms with Crippen molar-refractivity contribution >= 4 is 0 Å². The number of nitrogens with zero attached hydrogens (tertiary/aromatic N) is 2. The van der Waals surface area contributed by atoms with Crippen molar-refractivity contribution in [3.05, 3.63) is 52.8 Å². The van der Waals surface area contributed by atoms with Crippen molar-refractivity contribution < 1.29 is 27.7 Å². The molecule has 1 aromatic carbocycles. The molecular formula is C15H17F3N2O3. The minimum Gasteiger partial charge on any atom is -0.711 e. The number of imidazole rings is 1. The highest BCUT2D eigenvalue weighted by Gasteiger charge is 2.57. The molecule has 0 saturated carbocycles. The van der Waals surface area contributed by atoms with Crippen LogP contribution < -0.4 is 9.47 Å². The van der Waals surface area contributed by atoms with Crippen molar-refractivity contribution in [2.75, 3.05) is 7.11 Å². The average Bonchev–Trinajstić information content (AvgIpc) is 2.73. The van der Waals surface area contributed by atoms with Crippen molar-refractivity contribution in [2.24, 2.45) is 0 Å². The highest BCUT2D eigenvalue weighted by Crippen LogP contribution is 2.41. The van der Waals surface area contributed by atoms with E-state index >= 15 is 0 Å². The van der Waals surface area contributed by atoms with Gasteiger partial charge in [-0.1, -0.05) is 12.1 Å². The second-order valence-corrected chi connectivity index (χ2v) is 5.33. The van der Waals surface area contributed by atoms with Crippen LogP contribution in [0.5, 0.6) is 5.75 Å². The molecule has 0 aliphatic rings. The van der Waals surface area contributed by atoms with E-state index in [1.54, 1.807) is 0 Å². The maximum absolute atomic E-state index is 13.5. The molecular weight excluding hydrogens is 313 g/mol. The van der Waals surface area contributed by atoms with Crippen LogP contribution in [-0.2, 0) is 12.1 Å². The number of hydrogen-bond acceptors (Lipinski definition) is 3. The van der Waals surface area contributed by atoms with Gasteiger partial charge in [0, 0.05) is 13.8 Å². The molecule has 0 bridgehead atoms. The molecule has 0 radical (unpaired) electrons. The number of aliphatic hydroxyl groups is 1. The first-order chi connectivity index (χ1) is 10.6. The molecule has 2 rings (SSSR count). The SMILES string of the molecule is COc1ccc([C@@](O)(Cn2c[n+]([O-])c(C)c2C)C(F)(F)F)cc1. The monoisotopic (exact) mass is 330 g/mol. The van der Waals surface area contributed by atoms with E-state index in [-0.39, 0.29) is 11.3 Å². The van der Waals surface area contributed by atoms with Crippen LogP contribution in [0, 0.1) is 19.1 Å². The summed E-state index contributed by atoms with van der Waals surface area (Å²) in [5.41, 5.74) is -2.81. The molecule has 1 heterocycles. The lowest BCUT2D eigenvalue weighted by Gasteiger charge is -2.29. The summed E-state index contributed by atoms with van der Waals surface area (Å²) in [7, 11) is 1.39. The summed E-state index contributed by atoms with van der Waals surface area (Å²) in [6.45, 7) is 2.21. The van der Waals surface area contributed by atoms with Crippen LogP contribution in [0.4, 0.5) is 13.2 Å². The van der Waals surface area contributed by atoms with Crippen LogP contribution >= 0.6 is 0 Å². The summed E-state index contributed by atoms with van der Waals surface area (Å²) >= 11 is 0. The smallest absolute Gasteiger partial charge is 0.425 e. The highest BCUT2D eigenvalue weighted by atomic mass is 19.4. The van der Waals surface area contributed by atoms with E-state index in [2.05, 4.69) is 0 Å². The van der Waals surface area contributed by atoms with Gasteiger partial charge >= 0.3 is 6.18 Å². The lowest BCUT2D eigenvalue weighted by molar-refractivity contribution is -0.611. The third-order valence-corrected chi connectivity index (χ3v) is 3.96. The molecule has 1 aromatic heterocycles. The minimum absolute atomic E-state index is 0.282. The van der Waals surface area contributed by atoms with Gasteiger partial charge in [0.1, 0.15) is 23.7 Å². The fourth-order valence-electron chi connectivity index (χ4n) is 2.28. The first-order valence-electron chi connectivity index (χ1n) is 6.79. The number of ether oxygens (including phenoxy) is 1. The van der Waals surface area contributed by atoms with E-state index in [1.807, 2.05) is 0 Å². The molecule has 0 fully saturated rings. The first-order valence-corrected chi connectivity index (χ1v) is 6.79. The van der Waals surface area contributed by atoms with E-state index in [0.29, 0.717) is 16.2 Å². The van der Waals surface area contributed by atoms with Crippen LogP contribution in [0.25, 0.3) is 0 Å². The van der Waals surface area contributed by atoms with Gasteiger partial charge in [0.25, 0.3) is 0 Å². The first kappa shape index (κ1) is 17.1. The van der Waals surface area contributed by atoms with Crippen LogP contribution in [-0.4, -0.2) is 23.0 Å². The Morgan fingerprint density at radius 2 is 1.78 bits per heavy atom. The third-order valence-electron chi connectivity index (χ3n) is 3.96. The summed E-state index contributed by atoms with van der Waals surface area (Å²) in [6, 6.07) is 4.99. The second-order valence-electron chi connectivity index (χ2n) is 5.33. The molecule has 0 saturated heterocycles. The maximum Gasteiger partial charge on any atom is 0.425 e. The fraction of sp³-hybridized carbons (Fsp3) is 0.400. The molecule has 0 aliphatic heterocycles. The van der Waals surface area contributed by atoms with E-state index in [0.717, 1.165) is 23.0 Å². The van der Waals surface area contributed by atoms with Crippen molar-refractivity contribution in [1.82, 2.24) is 4.57 Å². The Hall–Kier alpha value is -2.22. The summed E-state index contributed by atoms with van der Waals surface area (Å²) in [4.78, 5) is 0. The number of benzene rings is 1. The van der Waals surface area contributed by atoms with Gasteiger partial charge in [-0.25, -0.2) is 9.30 Å². The quantitative estimate of drug-likeness (QED) is 0.690. The second kappa shape index (κ2) is 5.77. The average molecular weight is 330 g/mol. The molecule has 0 aliphatic carbocycles. The standard InChI is InChI=1S/C15H17F3N2O3/c1-10-11(2)20(22)9-19(10)8-14(21,15(16,17)18)12-4-6-13(23-3)7-5-12/h4-7,9,21H,8H2,1-3H3/t14-/m0/s1. The number of aromatic nitrogens is 2. The van der Waals surface area contributed by atoms with Crippen LogP contribution in [0.3, 0.4) is 0 Å². The largest absolute Gasteiger partial charge is 0.711 e. The van der Waals surface area contributed by atoms with Gasteiger partial charge in [-0.3, -0.25) is 0 Å². The zero-order valence-corrected chi connectivity index (χ0v) is 12.9. The van der Waals surface area contributed by atoms with Crippen molar-refractivity contribution in [1.29, 1.82) is 0 Å². The molecule has 23 heavy (non-hydrogen) atoms. The molecule has 1 N–H and O–H groups in total. The molecule has 1 atom stereocenters. The predicted molar refractivity (Wildman–Crippen MR) is 75.8 cm³/mol. The van der Waals surface area contributed by atoms with E-state index in [9.17, 15) is 23.5 Å². The number of alkyl halides is 3. The van der Waals surface area contributed by atoms with Gasteiger partial charge in [-0.2, -0.15) is 13.2 Å². The molecule has 5 nitrogen and oxygen atoms in total. The normalized spacial score (nSPS) is 14.6. The van der Waals surface area contributed by atoms with Gasteiger partial charge < -0.3 is 15.1 Å². The lowest BCUT2D eigenvalue weighted by atomic mass is 9.92. The minimum atomic E-state index is -4.92. The Morgan fingerprint density at radius 3 is 2.17 bits per heavy atom. The van der Waals surface area contributed by atoms with Crippen LogP contribution in [0.2, 0.25) is 0 Å². The van der Waals surface area contributed by atoms with E-state index in [4.69, 9.17) is 4.74 Å². The van der Waals surface area contributed by atoms with Crippen LogP contribution in [0.1, 0.15) is 17.0 Å². The number of hydrogen-bond donors (Lipinski definition) is 1. The number of halogens is 3.